The molecule has 0 unspecified atom stereocenters. The molecule has 3 atom stereocenters. The minimum Gasteiger partial charge on any atom is -0.377 e. The van der Waals surface area contributed by atoms with Gasteiger partial charge in [0.05, 0.1) is 67.9 Å². The number of nitrogens with one attached hydrogen (secondary N) is 6. The van der Waals surface area contributed by atoms with Gasteiger partial charge in [-0.1, -0.05) is 110 Å². The Balaban J connectivity index is 0.742. The van der Waals surface area contributed by atoms with Crippen LogP contribution in [0.25, 0.3) is 90.9 Å². The number of aromatic amines is 2. The fraction of sp³-hybridized carbons (Fsp3) is 0.242. The number of urea groups is 1. The molecule has 4 amide bonds. The molecule has 390 valence electrons. The molecular formula is C62H60N8O6S. The van der Waals surface area contributed by atoms with Crippen molar-refractivity contribution in [2.45, 2.75) is 43.0 Å². The number of hydrogen-bond donors (Lipinski definition) is 6. The zero-order chi connectivity index (χ0) is 52.3. The van der Waals surface area contributed by atoms with Gasteiger partial charge in [-0.15, -0.1) is 0 Å². The molecule has 7 aromatic rings. The maximum absolute atomic E-state index is 13.0. The molecule has 14 nitrogen and oxygen atoms in total. The largest absolute Gasteiger partial charge is 0.377 e. The van der Waals surface area contributed by atoms with E-state index in [0.29, 0.717) is 50.3 Å². The molecule has 0 aliphatic carbocycles. The molecule has 7 heterocycles. The third kappa shape index (κ3) is 12.1. The number of fused-ring (bicyclic) bond motifs is 9. The minimum absolute atomic E-state index is 0.0142. The van der Waals surface area contributed by atoms with Crippen molar-refractivity contribution >= 4 is 81.7 Å². The molecule has 6 N–H and O–H groups in total. The Hall–Kier alpha value is -8.08. The smallest absolute Gasteiger partial charge is 0.315 e. The molecule has 15 heteroatoms. The van der Waals surface area contributed by atoms with E-state index in [9.17, 15) is 14.4 Å². The maximum Gasteiger partial charge on any atom is 0.315 e. The van der Waals surface area contributed by atoms with E-state index in [1.807, 2.05) is 78.5 Å². The van der Waals surface area contributed by atoms with Gasteiger partial charge in [-0.3, -0.25) is 9.59 Å². The van der Waals surface area contributed by atoms with E-state index in [1.54, 1.807) is 0 Å². The summed E-state index contributed by atoms with van der Waals surface area (Å²) in [5, 5.41) is 12.3. The first-order chi connectivity index (χ1) is 37.9. The first-order valence-electron chi connectivity index (χ1n) is 26.3. The fourth-order valence-electron chi connectivity index (χ4n) is 10.4. The Morgan fingerprint density at radius 3 is 1.51 bits per heavy atom. The van der Waals surface area contributed by atoms with Crippen LogP contribution in [0.5, 0.6) is 0 Å². The Kier molecular flexibility index (Phi) is 16.1. The van der Waals surface area contributed by atoms with Crippen LogP contribution in [0.2, 0.25) is 0 Å². The van der Waals surface area contributed by atoms with Gasteiger partial charge in [0.2, 0.25) is 11.8 Å². The summed E-state index contributed by atoms with van der Waals surface area (Å²) in [7, 11) is 0. The lowest BCUT2D eigenvalue weighted by atomic mass is 10.0. The number of carbonyl (C=O) groups excluding carboxylic acids is 3. The number of amides is 4. The van der Waals surface area contributed by atoms with E-state index >= 15 is 0 Å². The quantitative estimate of drug-likeness (QED) is 0.0301. The van der Waals surface area contributed by atoms with Crippen LogP contribution < -0.4 is 21.3 Å². The molecule has 3 aromatic heterocycles. The highest BCUT2D eigenvalue weighted by Crippen LogP contribution is 2.39. The summed E-state index contributed by atoms with van der Waals surface area (Å²) in [6.45, 7) is 1.99. The molecule has 2 saturated heterocycles. The lowest BCUT2D eigenvalue weighted by Gasteiger charge is -2.16. The van der Waals surface area contributed by atoms with E-state index in [1.165, 1.54) is 0 Å². The van der Waals surface area contributed by atoms with Crippen LogP contribution in [0.15, 0.2) is 140 Å². The fourth-order valence-corrected chi connectivity index (χ4v) is 11.9. The van der Waals surface area contributed by atoms with Gasteiger partial charge in [-0.25, -0.2) is 14.8 Å². The van der Waals surface area contributed by atoms with Crippen molar-refractivity contribution in [3.63, 3.8) is 0 Å². The van der Waals surface area contributed by atoms with Crippen LogP contribution in [0, 0.1) is 0 Å². The van der Waals surface area contributed by atoms with Crippen molar-refractivity contribution in [2.75, 3.05) is 57.3 Å². The molecule has 8 bridgehead atoms. The summed E-state index contributed by atoms with van der Waals surface area (Å²) in [6.07, 6.45) is 11.6. The lowest BCUT2D eigenvalue weighted by Crippen LogP contribution is -2.36. The predicted molar refractivity (Wildman–Crippen MR) is 309 cm³/mol. The van der Waals surface area contributed by atoms with Crippen molar-refractivity contribution in [2.24, 2.45) is 0 Å². The number of H-pyrrole nitrogens is 2. The SMILES string of the molecule is O=C(CCCC[C@@H]1SC[C@@H]2NC(=O)N[C@@H]21)NCCOCCOCCOCC(=O)Nc1ccc(-c2c3nc(c(-c4ccccc4)c4ccc([nH]4)c(-c4ccccc4)c4nc(c(-c5ccccc5)c5ccc2[nH]5)C=C4)C=C3)cc1. The molecule has 0 saturated carbocycles. The van der Waals surface area contributed by atoms with Gasteiger partial charge in [0.25, 0.3) is 0 Å². The van der Waals surface area contributed by atoms with Gasteiger partial charge >= 0.3 is 6.03 Å². The summed E-state index contributed by atoms with van der Waals surface area (Å²) in [4.78, 5) is 55.3. The number of unbranched alkanes of at least 4 members (excludes halogenated alkanes) is 1. The van der Waals surface area contributed by atoms with E-state index in [-0.39, 0.29) is 43.1 Å². The highest BCUT2D eigenvalue weighted by Gasteiger charge is 2.42. The van der Waals surface area contributed by atoms with Crippen molar-refractivity contribution in [1.82, 2.24) is 35.9 Å². The van der Waals surface area contributed by atoms with Gasteiger partial charge in [-0.05, 0) is 95.8 Å². The standard InChI is InChI=1S/C62H60N8O6S/c71-55(19-11-10-18-54-61-53(39-77-54)69-62(73)70-61)63-32-33-74-34-35-75-36-37-76-38-56(72)64-44-22-20-43(21-23-44)60-51-30-28-49(67-51)58(41-14-6-2-7-15-41)47-26-24-45(65-47)57(40-12-4-1-5-13-40)46-25-27-48(66-46)59(42-16-8-3-9-17-42)50-29-31-52(60)68-50/h1-9,12-17,20-31,53-54,61,65,68H,10-11,18-19,32-39H2,(H,63,71)(H,64,72)(H2,69,70,73)/t53-,54-,61-/m0/s1. The van der Waals surface area contributed by atoms with Crippen LogP contribution >= 0.6 is 11.8 Å². The van der Waals surface area contributed by atoms with E-state index in [4.69, 9.17) is 24.2 Å². The average molecular weight is 1050 g/mol. The predicted octanol–water partition coefficient (Wildman–Crippen LogP) is 11.2. The molecule has 0 radical (unpaired) electrons. The van der Waals surface area contributed by atoms with Crippen molar-refractivity contribution in [1.29, 1.82) is 0 Å². The molecule has 77 heavy (non-hydrogen) atoms. The highest BCUT2D eigenvalue weighted by atomic mass is 32.2. The number of aromatic nitrogens is 4. The van der Waals surface area contributed by atoms with Gasteiger partial charge in [0.15, 0.2) is 0 Å². The number of anilines is 1. The second-order valence-corrected chi connectivity index (χ2v) is 20.5. The Morgan fingerprint density at radius 1 is 0.532 bits per heavy atom. The monoisotopic (exact) mass is 1040 g/mol. The maximum atomic E-state index is 13.0. The normalized spacial score (nSPS) is 16.3. The Morgan fingerprint density at radius 2 is 1.00 bits per heavy atom. The van der Waals surface area contributed by atoms with E-state index < -0.39 is 0 Å². The van der Waals surface area contributed by atoms with Gasteiger partial charge < -0.3 is 45.4 Å². The summed E-state index contributed by atoms with van der Waals surface area (Å²) >= 11 is 1.89. The molecule has 2 fully saturated rings. The second kappa shape index (κ2) is 24.3. The van der Waals surface area contributed by atoms with Crippen LogP contribution in [-0.4, -0.2) is 107 Å². The van der Waals surface area contributed by atoms with Crippen LogP contribution in [0.3, 0.4) is 0 Å². The number of hydrogen-bond acceptors (Lipinski definition) is 9. The average Bonchev–Trinajstić information content (AvgIpc) is 4.36. The first-order valence-corrected chi connectivity index (χ1v) is 27.4. The molecular weight excluding hydrogens is 985 g/mol. The Labute approximate surface area is 451 Å². The number of rotatable bonds is 21. The van der Waals surface area contributed by atoms with Gasteiger partial charge in [0, 0.05) is 74.0 Å². The molecule has 11 rings (SSSR count). The van der Waals surface area contributed by atoms with E-state index in [2.05, 4.69) is 128 Å². The summed E-state index contributed by atoms with van der Waals surface area (Å²) in [6, 6.07) is 47.7. The zero-order valence-corrected chi connectivity index (χ0v) is 43.4. The van der Waals surface area contributed by atoms with Crippen LogP contribution in [-0.2, 0) is 23.8 Å². The number of ether oxygens (including phenoxy) is 3. The third-order valence-electron chi connectivity index (χ3n) is 14.0. The lowest BCUT2D eigenvalue weighted by molar-refractivity contribution is -0.121. The number of nitrogens with zero attached hydrogens (tertiary/aromatic N) is 2. The van der Waals surface area contributed by atoms with Crippen molar-refractivity contribution in [3.8, 4) is 44.5 Å². The van der Waals surface area contributed by atoms with Crippen LogP contribution in [0.4, 0.5) is 10.5 Å². The number of benzene rings is 4. The summed E-state index contributed by atoms with van der Waals surface area (Å²) in [5.41, 5.74) is 15.4. The number of carbonyl (C=O) groups is 3. The Bertz CT molecular complexity index is 3430. The second-order valence-electron chi connectivity index (χ2n) is 19.2. The summed E-state index contributed by atoms with van der Waals surface area (Å²) in [5.74, 6) is 0.675. The topological polar surface area (TPSA) is 184 Å². The van der Waals surface area contributed by atoms with Crippen molar-refractivity contribution in [3.05, 3.63) is 162 Å². The molecule has 4 aromatic carbocycles. The molecule has 4 aliphatic heterocycles. The number of thioether (sulfide) groups is 1. The molecule has 0 spiro atoms. The zero-order valence-electron chi connectivity index (χ0n) is 42.6. The highest BCUT2D eigenvalue weighted by molar-refractivity contribution is 8.00. The van der Waals surface area contributed by atoms with Crippen molar-refractivity contribution < 1.29 is 28.6 Å². The summed E-state index contributed by atoms with van der Waals surface area (Å²) < 4.78 is 16.9. The first kappa shape index (κ1) is 51.0. The molecule has 4 aliphatic rings. The van der Waals surface area contributed by atoms with Gasteiger partial charge in [0.1, 0.15) is 6.61 Å². The third-order valence-corrected chi connectivity index (χ3v) is 15.5. The minimum atomic E-state index is -0.280. The van der Waals surface area contributed by atoms with Gasteiger partial charge in [-0.2, -0.15) is 11.8 Å². The van der Waals surface area contributed by atoms with E-state index in [0.717, 1.165) is 114 Å². The van der Waals surface area contributed by atoms with Crippen LogP contribution in [0.1, 0.15) is 48.5 Å².